The van der Waals surface area contributed by atoms with E-state index in [4.69, 9.17) is 0 Å². The van der Waals surface area contributed by atoms with Crippen molar-refractivity contribution in [3.05, 3.63) is 35.4 Å². The summed E-state index contributed by atoms with van der Waals surface area (Å²) in [5.41, 5.74) is 1.44. The topological polar surface area (TPSA) is 37.3 Å². The molecule has 0 saturated heterocycles. The van der Waals surface area contributed by atoms with E-state index in [2.05, 4.69) is 13.8 Å². The van der Waals surface area contributed by atoms with Crippen LogP contribution in [0.5, 0.6) is 0 Å². The third kappa shape index (κ3) is 2.51. The smallest absolute Gasteiger partial charge is 0.314 e. The molecule has 2 heteroatoms. The van der Waals surface area contributed by atoms with Crippen LogP contribution >= 0.6 is 0 Å². The summed E-state index contributed by atoms with van der Waals surface area (Å²) in [6.45, 7) is 8.15. The monoisotopic (exact) mass is 234 g/mol. The van der Waals surface area contributed by atoms with E-state index in [-0.39, 0.29) is 0 Å². The van der Waals surface area contributed by atoms with E-state index in [1.54, 1.807) is 0 Å². The number of aliphatic carboxylic acids is 1. The highest BCUT2D eigenvalue weighted by atomic mass is 16.4. The first-order valence-electron chi connectivity index (χ1n) is 6.31. The number of carboxylic acids is 1. The number of carboxylic acid groups (broad SMARTS) is 1. The van der Waals surface area contributed by atoms with E-state index in [1.165, 1.54) is 5.56 Å². The first-order valence-corrected chi connectivity index (χ1v) is 6.31. The van der Waals surface area contributed by atoms with Gasteiger partial charge in [0.05, 0.1) is 5.41 Å². The average molecular weight is 234 g/mol. The van der Waals surface area contributed by atoms with Crippen molar-refractivity contribution in [3.8, 4) is 0 Å². The molecule has 0 heterocycles. The molecule has 0 aliphatic rings. The maximum absolute atomic E-state index is 11.5. The highest BCUT2D eigenvalue weighted by Crippen LogP contribution is 2.32. The molecular weight excluding hydrogens is 212 g/mol. The summed E-state index contributed by atoms with van der Waals surface area (Å²) in [5, 5.41) is 9.46. The van der Waals surface area contributed by atoms with Gasteiger partial charge in [0.2, 0.25) is 0 Å². The molecule has 0 aliphatic heterocycles. The quantitative estimate of drug-likeness (QED) is 0.837. The highest BCUT2D eigenvalue weighted by molar-refractivity contribution is 5.81. The van der Waals surface area contributed by atoms with Gasteiger partial charge in [-0.2, -0.15) is 0 Å². The van der Waals surface area contributed by atoms with Gasteiger partial charge in [-0.1, -0.05) is 52.0 Å². The second-order valence-corrected chi connectivity index (χ2v) is 4.87. The summed E-state index contributed by atoms with van der Waals surface area (Å²) in [7, 11) is 0. The fourth-order valence-electron chi connectivity index (χ4n) is 2.27. The molecule has 1 N–H and O–H groups in total. The predicted octanol–water partition coefficient (Wildman–Crippen LogP) is 3.95. The van der Waals surface area contributed by atoms with Gasteiger partial charge in [-0.15, -0.1) is 0 Å². The minimum absolute atomic E-state index is 0.478. The molecular formula is C15H22O2. The maximum atomic E-state index is 11.5. The Morgan fingerprint density at radius 3 is 1.94 bits per heavy atom. The lowest BCUT2D eigenvalue weighted by atomic mass is 9.75. The predicted molar refractivity (Wildman–Crippen MR) is 70.4 cm³/mol. The normalized spacial score (nSPS) is 11.8. The van der Waals surface area contributed by atoms with Crippen LogP contribution in [0.1, 0.15) is 57.6 Å². The Morgan fingerprint density at radius 1 is 1.18 bits per heavy atom. The van der Waals surface area contributed by atoms with E-state index >= 15 is 0 Å². The average Bonchev–Trinajstić information content (AvgIpc) is 2.31. The Labute approximate surface area is 104 Å². The molecule has 0 amide bonds. The molecule has 0 atom stereocenters. The van der Waals surface area contributed by atoms with E-state index in [1.807, 2.05) is 38.1 Å². The van der Waals surface area contributed by atoms with Crippen LogP contribution < -0.4 is 0 Å². The third-order valence-corrected chi connectivity index (χ3v) is 3.75. The van der Waals surface area contributed by atoms with Crippen molar-refractivity contribution in [2.24, 2.45) is 0 Å². The second kappa shape index (κ2) is 5.35. The summed E-state index contributed by atoms with van der Waals surface area (Å²) in [5.74, 6) is -0.244. The number of carbonyl (C=O) groups is 1. The first kappa shape index (κ1) is 13.8. The van der Waals surface area contributed by atoms with Gasteiger partial charge in [-0.3, -0.25) is 4.79 Å². The SMILES string of the molecule is CCC(CC)(C(=O)O)c1ccc(C(C)C)cc1. The minimum Gasteiger partial charge on any atom is -0.481 e. The lowest BCUT2D eigenvalue weighted by Crippen LogP contribution is -2.34. The van der Waals surface area contributed by atoms with E-state index in [0.717, 1.165) is 5.56 Å². The van der Waals surface area contributed by atoms with Crippen molar-refractivity contribution in [1.29, 1.82) is 0 Å². The minimum atomic E-state index is -0.727. The zero-order valence-electron chi connectivity index (χ0n) is 11.2. The molecule has 17 heavy (non-hydrogen) atoms. The van der Waals surface area contributed by atoms with E-state index in [9.17, 15) is 9.90 Å². The van der Waals surface area contributed by atoms with E-state index in [0.29, 0.717) is 18.8 Å². The highest BCUT2D eigenvalue weighted by Gasteiger charge is 2.36. The van der Waals surface area contributed by atoms with Crippen molar-refractivity contribution < 1.29 is 9.90 Å². The van der Waals surface area contributed by atoms with Crippen LogP contribution in [0.3, 0.4) is 0 Å². The Hall–Kier alpha value is -1.31. The molecule has 94 valence electrons. The van der Waals surface area contributed by atoms with Gasteiger partial charge >= 0.3 is 5.97 Å². The van der Waals surface area contributed by atoms with E-state index < -0.39 is 11.4 Å². The standard InChI is InChI=1S/C15H22O2/c1-5-15(6-2,14(16)17)13-9-7-12(8-10-13)11(3)4/h7-11H,5-6H2,1-4H3,(H,16,17). The van der Waals surface area contributed by atoms with Gasteiger partial charge in [0.15, 0.2) is 0 Å². The molecule has 0 unspecified atom stereocenters. The van der Waals surface area contributed by atoms with Crippen molar-refractivity contribution in [3.63, 3.8) is 0 Å². The van der Waals surface area contributed by atoms with Gasteiger partial charge in [0.25, 0.3) is 0 Å². The molecule has 1 rings (SSSR count). The zero-order valence-corrected chi connectivity index (χ0v) is 11.2. The molecule has 0 spiro atoms. The van der Waals surface area contributed by atoms with Crippen LogP contribution in [0.2, 0.25) is 0 Å². The summed E-state index contributed by atoms with van der Waals surface area (Å²) in [6, 6.07) is 8.03. The summed E-state index contributed by atoms with van der Waals surface area (Å²) >= 11 is 0. The molecule has 0 aromatic heterocycles. The number of hydrogen-bond donors (Lipinski definition) is 1. The van der Waals surface area contributed by atoms with Crippen LogP contribution in [0, 0.1) is 0 Å². The fraction of sp³-hybridized carbons (Fsp3) is 0.533. The number of rotatable bonds is 5. The fourth-order valence-corrected chi connectivity index (χ4v) is 2.27. The largest absolute Gasteiger partial charge is 0.481 e. The van der Waals surface area contributed by atoms with Gasteiger partial charge in [0.1, 0.15) is 0 Å². The molecule has 0 bridgehead atoms. The molecule has 2 nitrogen and oxygen atoms in total. The van der Waals surface area contributed by atoms with Crippen LogP contribution in [0.15, 0.2) is 24.3 Å². The Morgan fingerprint density at radius 2 is 1.65 bits per heavy atom. The summed E-state index contributed by atoms with van der Waals surface area (Å²) in [4.78, 5) is 11.5. The molecule has 1 aromatic carbocycles. The van der Waals surface area contributed by atoms with Gasteiger partial charge in [0, 0.05) is 0 Å². The molecule has 0 radical (unpaired) electrons. The van der Waals surface area contributed by atoms with Crippen molar-refractivity contribution in [1.82, 2.24) is 0 Å². The van der Waals surface area contributed by atoms with Crippen molar-refractivity contribution >= 4 is 5.97 Å². The molecule has 0 fully saturated rings. The van der Waals surface area contributed by atoms with Crippen LogP contribution in [-0.2, 0) is 10.2 Å². The maximum Gasteiger partial charge on any atom is 0.314 e. The van der Waals surface area contributed by atoms with Crippen molar-refractivity contribution in [2.75, 3.05) is 0 Å². The first-order chi connectivity index (χ1) is 7.97. The second-order valence-electron chi connectivity index (χ2n) is 4.87. The lowest BCUT2D eigenvalue weighted by molar-refractivity contribution is -0.144. The molecule has 0 saturated carbocycles. The Kier molecular flexibility index (Phi) is 4.33. The number of hydrogen-bond acceptors (Lipinski definition) is 1. The van der Waals surface area contributed by atoms with Gasteiger partial charge < -0.3 is 5.11 Å². The zero-order chi connectivity index (χ0) is 13.1. The summed E-state index contributed by atoms with van der Waals surface area (Å²) in [6.07, 6.45) is 1.25. The van der Waals surface area contributed by atoms with Crippen LogP contribution in [0.4, 0.5) is 0 Å². The Balaban J connectivity index is 3.16. The van der Waals surface area contributed by atoms with Gasteiger partial charge in [-0.25, -0.2) is 0 Å². The Bertz CT molecular complexity index is 372. The summed E-state index contributed by atoms with van der Waals surface area (Å²) < 4.78 is 0. The molecule has 0 aliphatic carbocycles. The molecule has 1 aromatic rings. The van der Waals surface area contributed by atoms with Crippen LogP contribution in [-0.4, -0.2) is 11.1 Å². The van der Waals surface area contributed by atoms with Gasteiger partial charge in [-0.05, 0) is 29.9 Å². The lowest BCUT2D eigenvalue weighted by Gasteiger charge is -2.27. The van der Waals surface area contributed by atoms with Crippen molar-refractivity contribution in [2.45, 2.75) is 51.9 Å². The number of benzene rings is 1. The van der Waals surface area contributed by atoms with Crippen LogP contribution in [0.25, 0.3) is 0 Å². The third-order valence-electron chi connectivity index (χ3n) is 3.75.